The van der Waals surface area contributed by atoms with Gasteiger partial charge in [-0.15, -0.1) is 0 Å². The number of carbonyl (C=O) groups excluding carboxylic acids is 1. The average Bonchev–Trinajstić information content (AvgIpc) is 2.63. The Kier molecular flexibility index (Phi) is 5.34. The molecule has 19 heavy (non-hydrogen) atoms. The van der Waals surface area contributed by atoms with Crippen LogP contribution in [0.15, 0.2) is 22.9 Å². The number of rotatable bonds is 3. The summed E-state index contributed by atoms with van der Waals surface area (Å²) in [5.74, 6) is 0.0881. The summed E-state index contributed by atoms with van der Waals surface area (Å²) in [6, 6.07) is 3.48. The molecule has 0 aromatic carbocycles. The van der Waals surface area contributed by atoms with Gasteiger partial charge in [0, 0.05) is 30.3 Å². The molecular weight excluding hydrogens is 308 g/mol. The molecule has 0 spiro atoms. The fourth-order valence-electron chi connectivity index (χ4n) is 2.59. The zero-order valence-electron chi connectivity index (χ0n) is 10.8. The summed E-state index contributed by atoms with van der Waals surface area (Å²) in [5, 5.41) is 12.5. The molecule has 1 amide bonds. The number of pyridine rings is 1. The number of nitrogens with one attached hydrogen (secondary N) is 1. The van der Waals surface area contributed by atoms with Crippen LogP contribution in [0.2, 0.25) is 0 Å². The quantitative estimate of drug-likeness (QED) is 0.662. The highest BCUT2D eigenvalue weighted by Crippen LogP contribution is 2.23. The van der Waals surface area contributed by atoms with Gasteiger partial charge in [0.1, 0.15) is 4.60 Å². The van der Waals surface area contributed by atoms with Crippen molar-refractivity contribution in [2.45, 2.75) is 38.1 Å². The lowest BCUT2D eigenvalue weighted by molar-refractivity contribution is 0.0899. The number of nitrogens with zero attached hydrogens (tertiary/aromatic N) is 1. The fourth-order valence-corrected chi connectivity index (χ4v) is 2.95. The van der Waals surface area contributed by atoms with E-state index in [0.717, 1.165) is 25.7 Å². The summed E-state index contributed by atoms with van der Waals surface area (Å²) >= 11 is 3.26. The van der Waals surface area contributed by atoms with Crippen LogP contribution >= 0.6 is 15.9 Å². The van der Waals surface area contributed by atoms with Crippen LogP contribution in [0.5, 0.6) is 0 Å². The molecule has 1 aliphatic rings. The second-order valence-electron chi connectivity index (χ2n) is 5.03. The number of hydrogen-bond acceptors (Lipinski definition) is 3. The molecule has 1 fully saturated rings. The molecular formula is C14H19BrN2O2. The van der Waals surface area contributed by atoms with E-state index >= 15 is 0 Å². The molecule has 5 heteroatoms. The van der Waals surface area contributed by atoms with Gasteiger partial charge >= 0.3 is 0 Å². The van der Waals surface area contributed by atoms with Crippen molar-refractivity contribution >= 4 is 21.8 Å². The normalized spacial score (nSPS) is 23.7. The van der Waals surface area contributed by atoms with E-state index in [0.29, 0.717) is 10.2 Å². The number of aliphatic hydroxyl groups excluding tert-OH is 1. The van der Waals surface area contributed by atoms with Crippen LogP contribution in [0, 0.1) is 5.92 Å². The highest BCUT2D eigenvalue weighted by Gasteiger charge is 2.24. The van der Waals surface area contributed by atoms with Crippen molar-refractivity contribution < 1.29 is 9.90 Å². The number of amides is 1. The lowest BCUT2D eigenvalue weighted by atomic mass is 9.95. The minimum absolute atomic E-state index is 0.0759. The third kappa shape index (κ3) is 4.01. The number of aliphatic hydroxyl groups is 1. The van der Waals surface area contributed by atoms with E-state index in [9.17, 15) is 9.90 Å². The van der Waals surface area contributed by atoms with Gasteiger partial charge in [-0.1, -0.05) is 19.3 Å². The highest BCUT2D eigenvalue weighted by atomic mass is 79.9. The first kappa shape index (κ1) is 14.5. The Morgan fingerprint density at radius 1 is 1.42 bits per heavy atom. The molecule has 0 bridgehead atoms. The average molecular weight is 327 g/mol. The molecule has 1 aromatic rings. The predicted molar refractivity (Wildman–Crippen MR) is 76.9 cm³/mol. The second-order valence-corrected chi connectivity index (χ2v) is 5.84. The monoisotopic (exact) mass is 326 g/mol. The third-order valence-corrected chi connectivity index (χ3v) is 4.13. The minimum Gasteiger partial charge on any atom is -0.396 e. The molecule has 2 unspecified atom stereocenters. The summed E-state index contributed by atoms with van der Waals surface area (Å²) in [6.07, 6.45) is 6.98. The first-order valence-corrected chi connectivity index (χ1v) is 7.53. The van der Waals surface area contributed by atoms with Crippen LogP contribution in [-0.4, -0.2) is 28.6 Å². The van der Waals surface area contributed by atoms with Crippen LogP contribution in [0.4, 0.5) is 0 Å². The van der Waals surface area contributed by atoms with Gasteiger partial charge < -0.3 is 10.4 Å². The lowest BCUT2D eigenvalue weighted by Crippen LogP contribution is -2.41. The van der Waals surface area contributed by atoms with E-state index in [1.807, 2.05) is 0 Å². The maximum absolute atomic E-state index is 12.2. The molecule has 1 aromatic heterocycles. The van der Waals surface area contributed by atoms with E-state index in [1.165, 1.54) is 6.42 Å². The zero-order chi connectivity index (χ0) is 13.7. The van der Waals surface area contributed by atoms with Crippen molar-refractivity contribution in [2.24, 2.45) is 5.92 Å². The van der Waals surface area contributed by atoms with Crippen molar-refractivity contribution in [3.63, 3.8) is 0 Å². The van der Waals surface area contributed by atoms with Crippen molar-refractivity contribution in [3.8, 4) is 0 Å². The SMILES string of the molecule is O=C(NC1CCCCCC1CO)c1ccnc(Br)c1. The first-order chi connectivity index (χ1) is 9.20. The summed E-state index contributed by atoms with van der Waals surface area (Å²) in [7, 11) is 0. The summed E-state index contributed by atoms with van der Waals surface area (Å²) in [6.45, 7) is 0.144. The van der Waals surface area contributed by atoms with Gasteiger partial charge in [-0.2, -0.15) is 0 Å². The van der Waals surface area contributed by atoms with Gasteiger partial charge in [0.25, 0.3) is 5.91 Å². The van der Waals surface area contributed by atoms with Crippen molar-refractivity contribution in [3.05, 3.63) is 28.5 Å². The predicted octanol–water partition coefficient (Wildman–Crippen LogP) is 2.52. The number of halogens is 1. The molecule has 1 saturated carbocycles. The molecule has 0 aliphatic heterocycles. The van der Waals surface area contributed by atoms with E-state index in [2.05, 4.69) is 26.2 Å². The maximum Gasteiger partial charge on any atom is 0.251 e. The Morgan fingerprint density at radius 2 is 2.21 bits per heavy atom. The van der Waals surface area contributed by atoms with Crippen molar-refractivity contribution in [1.29, 1.82) is 0 Å². The first-order valence-electron chi connectivity index (χ1n) is 6.74. The van der Waals surface area contributed by atoms with Gasteiger partial charge in [-0.3, -0.25) is 4.79 Å². The fraction of sp³-hybridized carbons (Fsp3) is 0.571. The summed E-state index contributed by atoms with van der Waals surface area (Å²) in [5.41, 5.74) is 0.600. The Hall–Kier alpha value is -0.940. The van der Waals surface area contributed by atoms with Gasteiger partial charge in [-0.25, -0.2) is 4.98 Å². The van der Waals surface area contributed by atoms with Gasteiger partial charge in [0.15, 0.2) is 0 Å². The van der Waals surface area contributed by atoms with E-state index in [-0.39, 0.29) is 24.5 Å². The topological polar surface area (TPSA) is 62.2 Å². The molecule has 1 aliphatic carbocycles. The van der Waals surface area contributed by atoms with Gasteiger partial charge in [-0.05, 0) is 40.9 Å². The molecule has 0 saturated heterocycles. The van der Waals surface area contributed by atoms with Crippen molar-refractivity contribution in [1.82, 2.24) is 10.3 Å². The molecule has 104 valence electrons. The largest absolute Gasteiger partial charge is 0.396 e. The maximum atomic E-state index is 12.2. The molecule has 0 radical (unpaired) electrons. The molecule has 2 rings (SSSR count). The van der Waals surface area contributed by atoms with Crippen LogP contribution in [0.3, 0.4) is 0 Å². The van der Waals surface area contributed by atoms with Crippen LogP contribution in [0.1, 0.15) is 42.5 Å². The Morgan fingerprint density at radius 3 is 2.95 bits per heavy atom. The number of carbonyl (C=O) groups is 1. The lowest BCUT2D eigenvalue weighted by Gasteiger charge is -2.24. The third-order valence-electron chi connectivity index (χ3n) is 3.70. The molecule has 4 nitrogen and oxygen atoms in total. The highest BCUT2D eigenvalue weighted by molar-refractivity contribution is 9.10. The number of aromatic nitrogens is 1. The minimum atomic E-state index is -0.0894. The molecule has 2 atom stereocenters. The van der Waals surface area contributed by atoms with Crippen LogP contribution in [0.25, 0.3) is 0 Å². The Balaban J connectivity index is 2.04. The van der Waals surface area contributed by atoms with Gasteiger partial charge in [0.05, 0.1) is 0 Å². The van der Waals surface area contributed by atoms with E-state index in [4.69, 9.17) is 0 Å². The van der Waals surface area contributed by atoms with E-state index in [1.54, 1.807) is 18.3 Å². The molecule has 2 N–H and O–H groups in total. The van der Waals surface area contributed by atoms with Crippen LogP contribution < -0.4 is 5.32 Å². The smallest absolute Gasteiger partial charge is 0.251 e. The standard InChI is InChI=1S/C14H19BrN2O2/c15-13-8-10(6-7-16-13)14(19)17-12-5-3-1-2-4-11(12)9-18/h6-8,11-12,18H,1-5,9H2,(H,17,19). The molecule has 1 heterocycles. The Labute approximate surface area is 121 Å². The zero-order valence-corrected chi connectivity index (χ0v) is 12.4. The van der Waals surface area contributed by atoms with Crippen LogP contribution in [-0.2, 0) is 0 Å². The summed E-state index contributed by atoms with van der Waals surface area (Å²) in [4.78, 5) is 16.2. The second kappa shape index (κ2) is 7.01. The van der Waals surface area contributed by atoms with E-state index < -0.39 is 0 Å². The van der Waals surface area contributed by atoms with Gasteiger partial charge in [0.2, 0.25) is 0 Å². The Bertz CT molecular complexity index is 439. The van der Waals surface area contributed by atoms with Crippen molar-refractivity contribution in [2.75, 3.05) is 6.61 Å². The number of hydrogen-bond donors (Lipinski definition) is 2. The summed E-state index contributed by atoms with van der Waals surface area (Å²) < 4.78 is 0.653.